The molecule has 0 aliphatic rings. The molecule has 1 aromatic carbocycles. The van der Waals surface area contributed by atoms with Gasteiger partial charge in [-0.1, -0.05) is 11.6 Å². The molecule has 86 valence electrons. The average molecular weight is 247 g/mol. The van der Waals surface area contributed by atoms with E-state index in [9.17, 15) is 14.0 Å². The molecule has 3 N–H and O–H groups in total. The van der Waals surface area contributed by atoms with Crippen molar-refractivity contribution in [2.24, 2.45) is 0 Å². The molecular formula is C9H8ClFN2O3. The van der Waals surface area contributed by atoms with Crippen molar-refractivity contribution in [1.29, 1.82) is 0 Å². The Morgan fingerprint density at radius 3 is 2.69 bits per heavy atom. The van der Waals surface area contributed by atoms with Crippen LogP contribution in [0.25, 0.3) is 0 Å². The van der Waals surface area contributed by atoms with Gasteiger partial charge >= 0.3 is 12.0 Å². The molecule has 0 aliphatic carbocycles. The van der Waals surface area contributed by atoms with Crippen LogP contribution >= 0.6 is 11.6 Å². The monoisotopic (exact) mass is 246 g/mol. The van der Waals surface area contributed by atoms with Crippen LogP contribution in [0.15, 0.2) is 18.2 Å². The maximum atomic E-state index is 12.8. The summed E-state index contributed by atoms with van der Waals surface area (Å²) in [5.74, 6) is -1.76. The number of hydrogen-bond donors (Lipinski definition) is 3. The van der Waals surface area contributed by atoms with E-state index in [4.69, 9.17) is 16.7 Å². The van der Waals surface area contributed by atoms with E-state index in [1.165, 1.54) is 12.1 Å². The fourth-order valence-electron chi connectivity index (χ4n) is 0.905. The van der Waals surface area contributed by atoms with Gasteiger partial charge in [-0.3, -0.25) is 4.79 Å². The van der Waals surface area contributed by atoms with Gasteiger partial charge in [-0.05, 0) is 18.2 Å². The second-order valence-electron chi connectivity index (χ2n) is 2.83. The minimum Gasteiger partial charge on any atom is -0.480 e. The molecule has 0 fully saturated rings. The molecule has 2 amide bonds. The predicted octanol–water partition coefficient (Wildman–Crippen LogP) is 1.69. The molecule has 0 aliphatic heterocycles. The number of urea groups is 1. The molecule has 7 heteroatoms. The van der Waals surface area contributed by atoms with E-state index in [1.54, 1.807) is 0 Å². The number of amides is 2. The van der Waals surface area contributed by atoms with Crippen molar-refractivity contribution in [3.63, 3.8) is 0 Å². The van der Waals surface area contributed by atoms with Crippen molar-refractivity contribution < 1.29 is 19.1 Å². The molecule has 0 spiro atoms. The lowest BCUT2D eigenvalue weighted by Gasteiger charge is -2.06. The number of carbonyl (C=O) groups is 2. The summed E-state index contributed by atoms with van der Waals surface area (Å²) in [5, 5.41) is 12.5. The summed E-state index contributed by atoms with van der Waals surface area (Å²) >= 11 is 5.48. The first-order valence-electron chi connectivity index (χ1n) is 4.20. The lowest BCUT2D eigenvalue weighted by molar-refractivity contribution is -0.135. The molecule has 16 heavy (non-hydrogen) atoms. The van der Waals surface area contributed by atoms with Gasteiger partial charge in [0.2, 0.25) is 0 Å². The molecule has 0 saturated heterocycles. The summed E-state index contributed by atoms with van der Waals surface area (Å²) in [5.41, 5.74) is 0.272. The third-order valence-corrected chi connectivity index (χ3v) is 1.87. The number of halogens is 2. The summed E-state index contributed by atoms with van der Waals surface area (Å²) in [6, 6.07) is 2.92. The van der Waals surface area contributed by atoms with Crippen molar-refractivity contribution in [3.8, 4) is 0 Å². The van der Waals surface area contributed by atoms with Crippen LogP contribution in [0.3, 0.4) is 0 Å². The highest BCUT2D eigenvalue weighted by molar-refractivity contribution is 6.31. The molecule has 1 rings (SSSR count). The maximum Gasteiger partial charge on any atom is 0.323 e. The molecule has 0 heterocycles. The Hall–Kier alpha value is -1.82. The zero-order valence-electron chi connectivity index (χ0n) is 7.96. The number of hydrogen-bond acceptors (Lipinski definition) is 2. The highest BCUT2D eigenvalue weighted by Gasteiger charge is 2.05. The summed E-state index contributed by atoms with van der Waals surface area (Å²) in [6.07, 6.45) is 0. The van der Waals surface area contributed by atoms with Gasteiger partial charge in [0.25, 0.3) is 0 Å². The van der Waals surface area contributed by atoms with Gasteiger partial charge in [-0.2, -0.15) is 0 Å². The van der Waals surface area contributed by atoms with E-state index in [2.05, 4.69) is 10.6 Å². The quantitative estimate of drug-likeness (QED) is 0.759. The fourth-order valence-corrected chi connectivity index (χ4v) is 1.09. The smallest absolute Gasteiger partial charge is 0.323 e. The highest BCUT2D eigenvalue weighted by Crippen LogP contribution is 2.18. The Morgan fingerprint density at radius 1 is 1.44 bits per heavy atom. The molecule has 0 saturated carbocycles. The van der Waals surface area contributed by atoms with Gasteiger partial charge in [0.05, 0.1) is 5.02 Å². The molecular weight excluding hydrogens is 239 g/mol. The minimum atomic E-state index is -1.16. The van der Waals surface area contributed by atoms with Gasteiger partial charge in [0.15, 0.2) is 0 Å². The van der Waals surface area contributed by atoms with Crippen molar-refractivity contribution in [2.75, 3.05) is 11.9 Å². The van der Waals surface area contributed by atoms with E-state index >= 15 is 0 Å². The lowest BCUT2D eigenvalue weighted by Crippen LogP contribution is -2.33. The first kappa shape index (κ1) is 12.3. The van der Waals surface area contributed by atoms with Crippen molar-refractivity contribution in [1.82, 2.24) is 5.32 Å². The number of aliphatic carboxylic acids is 1. The number of carboxylic acids is 1. The molecule has 0 aromatic heterocycles. The molecule has 5 nitrogen and oxygen atoms in total. The second kappa shape index (κ2) is 5.32. The first-order valence-corrected chi connectivity index (χ1v) is 4.58. The van der Waals surface area contributed by atoms with Gasteiger partial charge < -0.3 is 15.7 Å². The third-order valence-electron chi connectivity index (χ3n) is 1.58. The van der Waals surface area contributed by atoms with Gasteiger partial charge in [0.1, 0.15) is 12.4 Å². The van der Waals surface area contributed by atoms with Crippen LogP contribution in [0, 0.1) is 5.82 Å². The first-order chi connectivity index (χ1) is 7.49. The Labute approximate surface area is 95.2 Å². The number of nitrogens with one attached hydrogen (secondary N) is 2. The molecule has 0 unspecified atom stereocenters. The highest BCUT2D eigenvalue weighted by atomic mass is 35.5. The second-order valence-corrected chi connectivity index (χ2v) is 3.24. The zero-order chi connectivity index (χ0) is 12.1. The van der Waals surface area contributed by atoms with Crippen LogP contribution in [-0.4, -0.2) is 23.7 Å². The molecule has 1 aromatic rings. The summed E-state index contributed by atoms with van der Waals surface area (Å²) in [4.78, 5) is 21.2. The van der Waals surface area contributed by atoms with Gasteiger partial charge in [0, 0.05) is 5.69 Å². The van der Waals surface area contributed by atoms with Crippen molar-refractivity contribution in [2.45, 2.75) is 0 Å². The summed E-state index contributed by atoms with van der Waals surface area (Å²) in [6.45, 7) is -0.499. The normalized spacial score (nSPS) is 9.62. The average Bonchev–Trinajstić information content (AvgIpc) is 2.21. The number of carbonyl (C=O) groups excluding carboxylic acids is 1. The maximum absolute atomic E-state index is 12.8. The van der Waals surface area contributed by atoms with Gasteiger partial charge in [-0.25, -0.2) is 9.18 Å². The van der Waals surface area contributed by atoms with E-state index in [0.717, 1.165) is 6.07 Å². The third kappa shape index (κ3) is 3.74. The number of anilines is 1. The van der Waals surface area contributed by atoms with Crippen LogP contribution in [0.4, 0.5) is 14.9 Å². The topological polar surface area (TPSA) is 78.4 Å². The Bertz CT molecular complexity index is 425. The standard InChI is InChI=1S/C9H8ClFN2O3/c10-6-3-5(1-2-7(6)11)13-9(16)12-4-8(14)15/h1-3H,4H2,(H,14,15)(H2,12,13,16). The van der Waals surface area contributed by atoms with Crippen LogP contribution in [0.5, 0.6) is 0 Å². The van der Waals surface area contributed by atoms with Crippen molar-refractivity contribution in [3.05, 3.63) is 29.0 Å². The Kier molecular flexibility index (Phi) is 4.07. The van der Waals surface area contributed by atoms with Crippen LogP contribution in [0.2, 0.25) is 5.02 Å². The van der Waals surface area contributed by atoms with Crippen molar-refractivity contribution >= 4 is 29.3 Å². The zero-order valence-corrected chi connectivity index (χ0v) is 8.71. The van der Waals surface area contributed by atoms with Crippen LogP contribution < -0.4 is 10.6 Å². The summed E-state index contributed by atoms with van der Waals surface area (Å²) in [7, 11) is 0. The Balaban J connectivity index is 2.56. The largest absolute Gasteiger partial charge is 0.480 e. The SMILES string of the molecule is O=C(O)CNC(=O)Nc1ccc(F)c(Cl)c1. The van der Waals surface area contributed by atoms with E-state index in [0.29, 0.717) is 0 Å². The van der Waals surface area contributed by atoms with E-state index < -0.39 is 24.4 Å². The number of rotatable bonds is 3. The van der Waals surface area contributed by atoms with E-state index in [1.807, 2.05) is 0 Å². The van der Waals surface area contributed by atoms with E-state index in [-0.39, 0.29) is 10.7 Å². The van der Waals surface area contributed by atoms with Crippen LogP contribution in [0.1, 0.15) is 0 Å². The Morgan fingerprint density at radius 2 is 2.12 bits per heavy atom. The molecule has 0 bridgehead atoms. The minimum absolute atomic E-state index is 0.129. The van der Waals surface area contributed by atoms with Crippen LogP contribution in [-0.2, 0) is 4.79 Å². The lowest BCUT2D eigenvalue weighted by atomic mass is 10.3. The summed E-state index contributed by atoms with van der Waals surface area (Å²) < 4.78 is 12.8. The number of carboxylic acid groups (broad SMARTS) is 1. The predicted molar refractivity (Wildman–Crippen MR) is 56.1 cm³/mol. The van der Waals surface area contributed by atoms with Gasteiger partial charge in [-0.15, -0.1) is 0 Å². The number of benzene rings is 1. The molecule has 0 atom stereocenters. The molecule has 0 radical (unpaired) electrons. The fraction of sp³-hybridized carbons (Fsp3) is 0.111.